The molecule has 0 aliphatic heterocycles. The lowest BCUT2D eigenvalue weighted by atomic mass is 10.1. The minimum absolute atomic E-state index is 0.410. The fourth-order valence-corrected chi connectivity index (χ4v) is 1.82. The van der Waals surface area contributed by atoms with Gasteiger partial charge in [0.1, 0.15) is 0 Å². The lowest BCUT2D eigenvalue weighted by Crippen LogP contribution is -2.21. The summed E-state index contributed by atoms with van der Waals surface area (Å²) in [7, 11) is 0. The second-order valence-corrected chi connectivity index (χ2v) is 5.01. The summed E-state index contributed by atoms with van der Waals surface area (Å²) in [5, 5.41) is 11.5. The van der Waals surface area contributed by atoms with Gasteiger partial charge in [0.15, 0.2) is 0 Å². The van der Waals surface area contributed by atoms with Gasteiger partial charge in [-0.25, -0.2) is 4.68 Å². The van der Waals surface area contributed by atoms with Gasteiger partial charge in [-0.2, -0.15) is 0 Å². The van der Waals surface area contributed by atoms with E-state index in [1.807, 2.05) is 18.3 Å². The molecule has 0 aliphatic carbocycles. The van der Waals surface area contributed by atoms with Gasteiger partial charge in [0, 0.05) is 18.2 Å². The maximum atomic E-state index is 11.1. The number of benzene rings is 1. The number of carbonyl (C=O) groups is 1. The van der Waals surface area contributed by atoms with E-state index < -0.39 is 5.91 Å². The minimum Gasteiger partial charge on any atom is -0.366 e. The summed E-state index contributed by atoms with van der Waals surface area (Å²) >= 11 is 0. The van der Waals surface area contributed by atoms with Gasteiger partial charge in [0.25, 0.3) is 0 Å². The highest BCUT2D eigenvalue weighted by atomic mass is 16.1. The summed E-state index contributed by atoms with van der Waals surface area (Å²) in [5.41, 5.74) is 7.63. The van der Waals surface area contributed by atoms with Crippen LogP contribution in [0.4, 0.5) is 0 Å². The Balaban J connectivity index is 2.03. The van der Waals surface area contributed by atoms with E-state index in [1.165, 1.54) is 0 Å². The molecule has 0 bridgehead atoms. The summed E-state index contributed by atoms with van der Waals surface area (Å²) in [6.45, 7) is 5.42. The van der Waals surface area contributed by atoms with Crippen LogP contribution in [0.1, 0.15) is 35.5 Å². The Morgan fingerprint density at radius 2 is 2.25 bits per heavy atom. The fourth-order valence-electron chi connectivity index (χ4n) is 1.82. The van der Waals surface area contributed by atoms with Gasteiger partial charge in [0.2, 0.25) is 5.91 Å². The van der Waals surface area contributed by atoms with E-state index in [2.05, 4.69) is 29.5 Å². The van der Waals surface area contributed by atoms with Crippen molar-refractivity contribution in [2.75, 3.05) is 0 Å². The molecule has 0 saturated heterocycles. The second-order valence-electron chi connectivity index (χ2n) is 5.01. The molecule has 0 aliphatic rings. The topological polar surface area (TPSA) is 85.8 Å². The van der Waals surface area contributed by atoms with E-state index in [0.717, 1.165) is 11.3 Å². The summed E-state index contributed by atoms with van der Waals surface area (Å²) < 4.78 is 1.75. The Morgan fingerprint density at radius 3 is 2.95 bits per heavy atom. The molecule has 20 heavy (non-hydrogen) atoms. The van der Waals surface area contributed by atoms with Crippen molar-refractivity contribution < 1.29 is 4.79 Å². The van der Waals surface area contributed by atoms with Crippen molar-refractivity contribution in [1.82, 2.24) is 20.3 Å². The fraction of sp³-hybridized carbons (Fsp3) is 0.357. The van der Waals surface area contributed by atoms with E-state index >= 15 is 0 Å². The third-order valence-electron chi connectivity index (χ3n) is 2.83. The Labute approximate surface area is 118 Å². The molecule has 0 spiro atoms. The zero-order valence-corrected chi connectivity index (χ0v) is 11.7. The molecule has 6 nitrogen and oxygen atoms in total. The molecule has 1 amide bonds. The standard InChI is InChI=1S/C14H19N5O/c1-10(2)16-7-13-9-19(18-17-13)8-11-4-3-5-12(6-11)14(15)20/h3-6,9-10,16H,7-8H2,1-2H3,(H2,15,20). The first-order valence-corrected chi connectivity index (χ1v) is 6.55. The first kappa shape index (κ1) is 14.2. The molecule has 1 aromatic heterocycles. The monoisotopic (exact) mass is 273 g/mol. The second kappa shape index (κ2) is 6.29. The third kappa shape index (κ3) is 3.89. The highest BCUT2D eigenvalue weighted by Crippen LogP contribution is 2.07. The van der Waals surface area contributed by atoms with Crippen LogP contribution in [0.15, 0.2) is 30.5 Å². The SMILES string of the molecule is CC(C)NCc1cn(Cc2cccc(C(N)=O)c2)nn1. The van der Waals surface area contributed by atoms with Crippen LogP contribution in [-0.4, -0.2) is 26.9 Å². The van der Waals surface area contributed by atoms with E-state index in [1.54, 1.807) is 16.8 Å². The van der Waals surface area contributed by atoms with Crippen LogP contribution in [0, 0.1) is 0 Å². The molecule has 2 aromatic rings. The Bertz CT molecular complexity index is 591. The quantitative estimate of drug-likeness (QED) is 0.819. The first-order chi connectivity index (χ1) is 9.54. The first-order valence-electron chi connectivity index (χ1n) is 6.55. The van der Waals surface area contributed by atoms with Crippen LogP contribution in [0.2, 0.25) is 0 Å². The lowest BCUT2D eigenvalue weighted by Gasteiger charge is -2.04. The zero-order valence-electron chi connectivity index (χ0n) is 11.7. The maximum Gasteiger partial charge on any atom is 0.248 e. The number of nitrogens with two attached hydrogens (primary N) is 1. The van der Waals surface area contributed by atoms with E-state index in [-0.39, 0.29) is 0 Å². The molecule has 1 aromatic carbocycles. The molecule has 0 unspecified atom stereocenters. The number of hydrogen-bond acceptors (Lipinski definition) is 4. The van der Waals surface area contributed by atoms with Crippen molar-refractivity contribution in [3.8, 4) is 0 Å². The number of carbonyl (C=O) groups excluding carboxylic acids is 1. The van der Waals surface area contributed by atoms with Crippen LogP contribution < -0.4 is 11.1 Å². The highest BCUT2D eigenvalue weighted by molar-refractivity contribution is 5.92. The lowest BCUT2D eigenvalue weighted by molar-refractivity contribution is 0.1000. The molecule has 1 heterocycles. The summed E-state index contributed by atoms with van der Waals surface area (Å²) in [4.78, 5) is 11.1. The van der Waals surface area contributed by atoms with Crippen molar-refractivity contribution in [3.63, 3.8) is 0 Å². The average molecular weight is 273 g/mol. The average Bonchev–Trinajstić information content (AvgIpc) is 2.84. The van der Waals surface area contributed by atoms with Gasteiger partial charge in [-0.1, -0.05) is 31.2 Å². The van der Waals surface area contributed by atoms with Crippen LogP contribution >= 0.6 is 0 Å². The Morgan fingerprint density at radius 1 is 1.45 bits per heavy atom. The van der Waals surface area contributed by atoms with Crippen molar-refractivity contribution in [2.45, 2.75) is 33.0 Å². The van der Waals surface area contributed by atoms with Crippen LogP contribution in [0.5, 0.6) is 0 Å². The Kier molecular flexibility index (Phi) is 4.47. The van der Waals surface area contributed by atoms with Gasteiger partial charge >= 0.3 is 0 Å². The largest absolute Gasteiger partial charge is 0.366 e. The van der Waals surface area contributed by atoms with Gasteiger partial charge < -0.3 is 11.1 Å². The number of nitrogens with one attached hydrogen (secondary N) is 1. The Hall–Kier alpha value is -2.21. The van der Waals surface area contributed by atoms with Crippen molar-refractivity contribution >= 4 is 5.91 Å². The smallest absolute Gasteiger partial charge is 0.248 e. The number of aromatic nitrogens is 3. The van der Waals surface area contributed by atoms with Gasteiger partial charge in [-0.15, -0.1) is 5.10 Å². The molecular formula is C14H19N5O. The molecule has 2 rings (SSSR count). The predicted octanol–water partition coefficient (Wildman–Crippen LogP) is 0.923. The van der Waals surface area contributed by atoms with E-state index in [4.69, 9.17) is 5.73 Å². The summed E-state index contributed by atoms with van der Waals surface area (Å²) in [6.07, 6.45) is 1.90. The number of hydrogen-bond donors (Lipinski definition) is 2. The molecule has 0 fully saturated rings. The normalized spacial score (nSPS) is 10.9. The number of nitrogens with zero attached hydrogens (tertiary/aromatic N) is 3. The predicted molar refractivity (Wildman–Crippen MR) is 76.1 cm³/mol. The van der Waals surface area contributed by atoms with E-state index in [0.29, 0.717) is 24.7 Å². The zero-order chi connectivity index (χ0) is 14.5. The molecular weight excluding hydrogens is 254 g/mol. The number of amides is 1. The van der Waals surface area contributed by atoms with Crippen LogP contribution in [-0.2, 0) is 13.1 Å². The van der Waals surface area contributed by atoms with Gasteiger partial charge in [-0.3, -0.25) is 4.79 Å². The summed E-state index contributed by atoms with van der Waals surface area (Å²) in [6, 6.07) is 7.63. The number of rotatable bonds is 6. The highest BCUT2D eigenvalue weighted by Gasteiger charge is 2.05. The molecule has 3 N–H and O–H groups in total. The molecule has 0 radical (unpaired) electrons. The van der Waals surface area contributed by atoms with Crippen molar-refractivity contribution in [3.05, 3.63) is 47.3 Å². The van der Waals surface area contributed by atoms with Crippen molar-refractivity contribution in [1.29, 1.82) is 0 Å². The van der Waals surface area contributed by atoms with E-state index in [9.17, 15) is 4.79 Å². The van der Waals surface area contributed by atoms with Gasteiger partial charge in [0.05, 0.1) is 18.4 Å². The van der Waals surface area contributed by atoms with Gasteiger partial charge in [-0.05, 0) is 17.7 Å². The molecule has 106 valence electrons. The van der Waals surface area contributed by atoms with Crippen LogP contribution in [0.3, 0.4) is 0 Å². The third-order valence-corrected chi connectivity index (χ3v) is 2.83. The maximum absolute atomic E-state index is 11.1. The summed E-state index contributed by atoms with van der Waals surface area (Å²) in [5.74, 6) is -0.424. The molecule has 0 atom stereocenters. The number of primary amides is 1. The van der Waals surface area contributed by atoms with Crippen molar-refractivity contribution in [2.24, 2.45) is 5.73 Å². The van der Waals surface area contributed by atoms with Crippen LogP contribution in [0.25, 0.3) is 0 Å². The molecule has 6 heteroatoms. The molecule has 0 saturated carbocycles. The minimum atomic E-state index is -0.424.